The van der Waals surface area contributed by atoms with E-state index in [1.807, 2.05) is 18.2 Å². The van der Waals surface area contributed by atoms with Gasteiger partial charge in [0, 0.05) is 16.1 Å². The summed E-state index contributed by atoms with van der Waals surface area (Å²) in [6.45, 7) is 12.3. The smallest absolute Gasteiger partial charge is 0.0453 e. The lowest BCUT2D eigenvalue weighted by Gasteiger charge is -2.31. The summed E-state index contributed by atoms with van der Waals surface area (Å²) in [5.74, 6) is 0.632. The van der Waals surface area contributed by atoms with Crippen LogP contribution in [-0.2, 0) is 6.42 Å². The molecule has 114 valence electrons. The second-order valence-electron chi connectivity index (χ2n) is 6.66. The Hall–Kier alpha value is -0.240. The molecule has 0 saturated heterocycles. The van der Waals surface area contributed by atoms with E-state index in [4.69, 9.17) is 23.2 Å². The first kappa shape index (κ1) is 17.8. The lowest BCUT2D eigenvalue weighted by atomic mass is 9.78. The van der Waals surface area contributed by atoms with E-state index in [1.165, 1.54) is 0 Å². The molecule has 1 N–H and O–H groups in total. The van der Waals surface area contributed by atoms with Gasteiger partial charge >= 0.3 is 0 Å². The Balaban J connectivity index is 2.82. The first-order chi connectivity index (χ1) is 9.25. The van der Waals surface area contributed by atoms with Crippen LogP contribution in [0.3, 0.4) is 0 Å². The molecule has 0 aliphatic carbocycles. The fraction of sp³-hybridized carbons (Fsp3) is 0.647. The molecule has 0 bridgehead atoms. The van der Waals surface area contributed by atoms with E-state index >= 15 is 0 Å². The van der Waals surface area contributed by atoms with Gasteiger partial charge in [0.25, 0.3) is 0 Å². The van der Waals surface area contributed by atoms with Crippen molar-refractivity contribution in [2.75, 3.05) is 6.54 Å². The van der Waals surface area contributed by atoms with Crippen LogP contribution in [0.4, 0.5) is 0 Å². The monoisotopic (exact) mass is 315 g/mol. The fourth-order valence-electron chi connectivity index (χ4n) is 2.28. The predicted molar refractivity (Wildman–Crippen MR) is 90.9 cm³/mol. The van der Waals surface area contributed by atoms with Gasteiger partial charge in [-0.25, -0.2) is 0 Å². The van der Waals surface area contributed by atoms with Crippen molar-refractivity contribution in [3.63, 3.8) is 0 Å². The van der Waals surface area contributed by atoms with Crippen molar-refractivity contribution in [1.82, 2.24) is 5.32 Å². The minimum absolute atomic E-state index is 0.317. The van der Waals surface area contributed by atoms with Crippen LogP contribution in [0.5, 0.6) is 0 Å². The first-order valence-electron chi connectivity index (χ1n) is 7.42. The summed E-state index contributed by atoms with van der Waals surface area (Å²) in [5.41, 5.74) is 1.38. The van der Waals surface area contributed by atoms with Crippen LogP contribution < -0.4 is 5.32 Å². The van der Waals surface area contributed by atoms with Crippen LogP contribution in [0.15, 0.2) is 18.2 Å². The molecule has 3 heteroatoms. The van der Waals surface area contributed by atoms with Crippen LogP contribution in [0.2, 0.25) is 10.0 Å². The van der Waals surface area contributed by atoms with Crippen molar-refractivity contribution < 1.29 is 0 Å². The summed E-state index contributed by atoms with van der Waals surface area (Å²) in [5, 5.41) is 5.11. The summed E-state index contributed by atoms with van der Waals surface area (Å²) in [6, 6.07) is 6.14. The second-order valence-corrected chi connectivity index (χ2v) is 7.48. The molecule has 2 atom stereocenters. The van der Waals surface area contributed by atoms with E-state index in [-0.39, 0.29) is 0 Å². The highest BCUT2D eigenvalue weighted by atomic mass is 35.5. The molecular formula is C17H27Cl2N. The Kier molecular flexibility index (Phi) is 6.84. The van der Waals surface area contributed by atoms with Gasteiger partial charge in [-0.3, -0.25) is 0 Å². The maximum atomic E-state index is 6.29. The normalized spacial score (nSPS) is 15.2. The van der Waals surface area contributed by atoms with E-state index in [2.05, 4.69) is 39.9 Å². The van der Waals surface area contributed by atoms with E-state index in [9.17, 15) is 0 Å². The zero-order valence-electron chi connectivity index (χ0n) is 13.3. The minimum Gasteiger partial charge on any atom is -0.314 e. The van der Waals surface area contributed by atoms with E-state index in [1.54, 1.807) is 0 Å². The molecule has 0 heterocycles. The summed E-state index contributed by atoms with van der Waals surface area (Å²) >= 11 is 12.6. The molecule has 1 rings (SSSR count). The van der Waals surface area contributed by atoms with Crippen molar-refractivity contribution >= 4 is 23.2 Å². The van der Waals surface area contributed by atoms with Gasteiger partial charge in [-0.15, -0.1) is 0 Å². The number of likely N-dealkylation sites (N-methyl/N-ethyl adjacent to an activating group) is 1. The first-order valence-corrected chi connectivity index (χ1v) is 8.17. The third-order valence-corrected chi connectivity index (χ3v) is 4.83. The molecule has 1 aromatic rings. The SMILES string of the molecule is CCNC(Cc1c(Cl)cccc1Cl)CC(C)C(C)(C)C. The minimum atomic E-state index is 0.317. The van der Waals surface area contributed by atoms with Crippen LogP contribution in [0, 0.1) is 11.3 Å². The molecule has 0 aliphatic heterocycles. The Morgan fingerprint density at radius 2 is 1.70 bits per heavy atom. The molecule has 0 radical (unpaired) electrons. The fourth-order valence-corrected chi connectivity index (χ4v) is 2.83. The molecule has 0 amide bonds. The van der Waals surface area contributed by atoms with Crippen LogP contribution in [0.1, 0.15) is 46.6 Å². The quantitative estimate of drug-likeness (QED) is 0.721. The topological polar surface area (TPSA) is 12.0 Å². The van der Waals surface area contributed by atoms with Crippen molar-refractivity contribution in [2.45, 2.75) is 53.5 Å². The molecule has 0 aromatic heterocycles. The highest BCUT2D eigenvalue weighted by Gasteiger charge is 2.24. The van der Waals surface area contributed by atoms with Crippen LogP contribution in [0.25, 0.3) is 0 Å². The zero-order valence-corrected chi connectivity index (χ0v) is 14.8. The molecule has 0 aliphatic rings. The molecule has 0 fully saturated rings. The standard InChI is InChI=1S/C17H27Cl2N/c1-6-20-13(10-12(2)17(3,4)5)11-14-15(18)8-7-9-16(14)19/h7-9,12-13,20H,6,10-11H2,1-5H3. The summed E-state index contributed by atoms with van der Waals surface area (Å²) < 4.78 is 0. The number of rotatable bonds is 6. The van der Waals surface area contributed by atoms with Gasteiger partial charge in [0.2, 0.25) is 0 Å². The molecule has 1 aromatic carbocycles. The molecule has 2 unspecified atom stereocenters. The van der Waals surface area contributed by atoms with E-state index < -0.39 is 0 Å². The van der Waals surface area contributed by atoms with Gasteiger partial charge in [-0.05, 0) is 48.4 Å². The van der Waals surface area contributed by atoms with Crippen molar-refractivity contribution in [3.8, 4) is 0 Å². The van der Waals surface area contributed by atoms with Crippen molar-refractivity contribution in [3.05, 3.63) is 33.8 Å². The van der Waals surface area contributed by atoms with Gasteiger partial charge in [-0.1, -0.05) is 63.9 Å². The van der Waals surface area contributed by atoms with Gasteiger partial charge in [0.1, 0.15) is 0 Å². The predicted octanol–water partition coefficient (Wildman–Crippen LogP) is 5.59. The Morgan fingerprint density at radius 1 is 1.15 bits per heavy atom. The molecule has 1 nitrogen and oxygen atoms in total. The third kappa shape index (κ3) is 5.27. The number of hydrogen-bond acceptors (Lipinski definition) is 1. The summed E-state index contributed by atoms with van der Waals surface area (Å²) in [6.07, 6.45) is 2.01. The van der Waals surface area contributed by atoms with Crippen LogP contribution >= 0.6 is 23.2 Å². The summed E-state index contributed by atoms with van der Waals surface area (Å²) in [7, 11) is 0. The Labute approximate surface area is 134 Å². The molecule has 0 spiro atoms. The second kappa shape index (κ2) is 7.68. The Morgan fingerprint density at radius 3 is 2.15 bits per heavy atom. The highest BCUT2D eigenvalue weighted by Crippen LogP contribution is 2.31. The van der Waals surface area contributed by atoms with Gasteiger partial charge in [0.15, 0.2) is 0 Å². The average Bonchev–Trinajstić information content (AvgIpc) is 2.33. The zero-order chi connectivity index (χ0) is 15.3. The number of hydrogen-bond donors (Lipinski definition) is 1. The Bertz CT molecular complexity index is 403. The lowest BCUT2D eigenvalue weighted by molar-refractivity contribution is 0.222. The van der Waals surface area contributed by atoms with Gasteiger partial charge in [-0.2, -0.15) is 0 Å². The van der Waals surface area contributed by atoms with Crippen molar-refractivity contribution in [2.24, 2.45) is 11.3 Å². The van der Waals surface area contributed by atoms with Gasteiger partial charge in [0.05, 0.1) is 0 Å². The highest BCUT2D eigenvalue weighted by molar-refractivity contribution is 6.36. The molecular weight excluding hydrogens is 289 g/mol. The van der Waals surface area contributed by atoms with Crippen molar-refractivity contribution in [1.29, 1.82) is 0 Å². The van der Waals surface area contributed by atoms with Gasteiger partial charge < -0.3 is 5.32 Å². The summed E-state index contributed by atoms with van der Waals surface area (Å²) in [4.78, 5) is 0. The number of nitrogens with one attached hydrogen (secondary N) is 1. The van der Waals surface area contributed by atoms with E-state index in [0.29, 0.717) is 17.4 Å². The van der Waals surface area contributed by atoms with E-state index in [0.717, 1.165) is 35.0 Å². The molecule has 20 heavy (non-hydrogen) atoms. The van der Waals surface area contributed by atoms with Crippen LogP contribution in [-0.4, -0.2) is 12.6 Å². The largest absolute Gasteiger partial charge is 0.314 e. The average molecular weight is 316 g/mol. The maximum Gasteiger partial charge on any atom is 0.0453 e. The number of benzene rings is 1. The lowest BCUT2D eigenvalue weighted by Crippen LogP contribution is -2.35. The third-order valence-electron chi connectivity index (χ3n) is 4.12. The number of halogens is 2. The maximum absolute atomic E-state index is 6.29. The molecule has 0 saturated carbocycles.